The first-order valence-corrected chi connectivity index (χ1v) is 6.03. The van der Waals surface area contributed by atoms with Crippen LogP contribution in [0.5, 0.6) is 0 Å². The van der Waals surface area contributed by atoms with Gasteiger partial charge >= 0.3 is 5.51 Å². The number of benzene rings is 1. The topological polar surface area (TPSA) is 51.2 Å². The Hall–Kier alpha value is -1.37. The molecule has 0 saturated heterocycles. The molecule has 0 aliphatic rings. The van der Waals surface area contributed by atoms with Gasteiger partial charge in [-0.3, -0.25) is 4.79 Å². The van der Waals surface area contributed by atoms with Crippen molar-refractivity contribution >= 4 is 15.6 Å². The molecule has 0 saturated carbocycles. The van der Waals surface area contributed by atoms with Gasteiger partial charge in [0.1, 0.15) is 5.78 Å². The Bertz CT molecular complexity index is 532. The summed E-state index contributed by atoms with van der Waals surface area (Å²) in [5.41, 5.74) is -5.50. The van der Waals surface area contributed by atoms with Gasteiger partial charge in [-0.1, -0.05) is 18.2 Å². The van der Waals surface area contributed by atoms with Gasteiger partial charge in [0.25, 0.3) is 9.84 Å². The monoisotopic (exact) mass is 266 g/mol. The molecule has 0 fully saturated rings. The third-order valence-electron chi connectivity index (χ3n) is 2.01. The summed E-state index contributed by atoms with van der Waals surface area (Å²) in [4.78, 5) is 10.0. The van der Waals surface area contributed by atoms with Crippen LogP contribution >= 0.6 is 0 Å². The fourth-order valence-corrected chi connectivity index (χ4v) is 2.30. The molecule has 17 heavy (non-hydrogen) atoms. The first-order valence-electron chi connectivity index (χ1n) is 4.55. The van der Waals surface area contributed by atoms with Gasteiger partial charge in [-0.05, 0) is 18.6 Å². The van der Waals surface area contributed by atoms with Gasteiger partial charge in [0.2, 0.25) is 0 Å². The van der Waals surface area contributed by atoms with E-state index in [0.717, 1.165) is 6.07 Å². The molecule has 1 rings (SSSR count). The highest BCUT2D eigenvalue weighted by Crippen LogP contribution is 2.32. The molecule has 0 bridgehead atoms. The second-order valence-corrected chi connectivity index (χ2v) is 5.35. The van der Waals surface area contributed by atoms with Crippen LogP contribution in [-0.4, -0.2) is 19.7 Å². The van der Waals surface area contributed by atoms with Crippen molar-refractivity contribution in [2.75, 3.05) is 0 Å². The van der Waals surface area contributed by atoms with E-state index in [-0.39, 0.29) is 12.0 Å². The van der Waals surface area contributed by atoms with E-state index < -0.39 is 26.0 Å². The van der Waals surface area contributed by atoms with Crippen molar-refractivity contribution in [3.05, 3.63) is 29.8 Å². The minimum absolute atomic E-state index is 0.141. The van der Waals surface area contributed by atoms with E-state index in [1.54, 1.807) is 0 Å². The minimum Gasteiger partial charge on any atom is -0.300 e. The molecule has 1 aromatic carbocycles. The third-order valence-corrected chi connectivity index (χ3v) is 3.59. The van der Waals surface area contributed by atoms with Crippen LogP contribution in [0.15, 0.2) is 29.2 Å². The Labute approximate surface area is 96.2 Å². The Balaban J connectivity index is 3.37. The molecule has 7 heteroatoms. The maximum absolute atomic E-state index is 12.4. The summed E-state index contributed by atoms with van der Waals surface area (Å²) in [5.74, 6) is -0.408. The molecule has 94 valence electrons. The van der Waals surface area contributed by atoms with Gasteiger partial charge in [-0.2, -0.15) is 13.2 Å². The Morgan fingerprint density at radius 2 is 1.76 bits per heavy atom. The summed E-state index contributed by atoms with van der Waals surface area (Å²) in [7, 11) is -5.40. The molecule has 0 aromatic heterocycles. The van der Waals surface area contributed by atoms with Crippen LogP contribution in [0.2, 0.25) is 0 Å². The van der Waals surface area contributed by atoms with Crippen LogP contribution in [0.4, 0.5) is 13.2 Å². The molecular formula is C10H9F3O3S. The summed E-state index contributed by atoms with van der Waals surface area (Å²) in [6.07, 6.45) is -0.342. The molecule has 3 nitrogen and oxygen atoms in total. The highest BCUT2D eigenvalue weighted by Gasteiger charge is 2.47. The molecule has 1 aromatic rings. The van der Waals surface area contributed by atoms with E-state index in [2.05, 4.69) is 0 Å². The summed E-state index contributed by atoms with van der Waals surface area (Å²) >= 11 is 0. The van der Waals surface area contributed by atoms with Crippen molar-refractivity contribution < 1.29 is 26.4 Å². The second-order valence-electron chi connectivity index (χ2n) is 3.44. The lowest BCUT2D eigenvalue weighted by atomic mass is 10.1. The smallest absolute Gasteiger partial charge is 0.300 e. The lowest BCUT2D eigenvalue weighted by Gasteiger charge is -2.11. The first-order chi connectivity index (χ1) is 7.66. The molecule has 0 N–H and O–H groups in total. The van der Waals surface area contributed by atoms with Crippen LogP contribution in [0, 0.1) is 0 Å². The number of halogens is 3. The zero-order chi connectivity index (χ0) is 13.3. The Morgan fingerprint density at radius 1 is 1.24 bits per heavy atom. The lowest BCUT2D eigenvalue weighted by Crippen LogP contribution is -2.24. The predicted octanol–water partition coefficient (Wildman–Crippen LogP) is 2.11. The van der Waals surface area contributed by atoms with E-state index >= 15 is 0 Å². The molecule has 0 heterocycles. The van der Waals surface area contributed by atoms with Crippen LogP contribution in [-0.2, 0) is 21.1 Å². The van der Waals surface area contributed by atoms with Crippen molar-refractivity contribution in [1.82, 2.24) is 0 Å². The fourth-order valence-electron chi connectivity index (χ4n) is 1.30. The van der Waals surface area contributed by atoms with Crippen LogP contribution in [0.3, 0.4) is 0 Å². The summed E-state index contributed by atoms with van der Waals surface area (Å²) in [6, 6.07) is 4.61. The molecule has 0 amide bonds. The van der Waals surface area contributed by atoms with Gasteiger partial charge in [-0.15, -0.1) is 0 Å². The van der Waals surface area contributed by atoms with Gasteiger partial charge in [0.15, 0.2) is 0 Å². The fraction of sp³-hybridized carbons (Fsp3) is 0.300. The number of alkyl halides is 3. The molecule has 0 spiro atoms. The van der Waals surface area contributed by atoms with Crippen molar-refractivity contribution in [3.8, 4) is 0 Å². The van der Waals surface area contributed by atoms with Gasteiger partial charge in [-0.25, -0.2) is 8.42 Å². The standard InChI is InChI=1S/C10H9F3O3S/c1-7(14)6-8-4-2-3-5-9(8)17(15,16)10(11,12)13/h2-5H,6H2,1H3. The predicted molar refractivity (Wildman–Crippen MR) is 54.1 cm³/mol. The van der Waals surface area contributed by atoms with Crippen molar-refractivity contribution in [2.45, 2.75) is 23.7 Å². The van der Waals surface area contributed by atoms with E-state index in [0.29, 0.717) is 0 Å². The highest BCUT2D eigenvalue weighted by atomic mass is 32.2. The molecule has 0 aliphatic carbocycles. The van der Waals surface area contributed by atoms with Gasteiger partial charge in [0, 0.05) is 6.42 Å². The summed E-state index contributed by atoms with van der Waals surface area (Å²) in [5, 5.41) is 0. The number of hydrogen-bond donors (Lipinski definition) is 0. The average molecular weight is 266 g/mol. The number of sulfone groups is 1. The molecule has 0 unspecified atom stereocenters. The quantitative estimate of drug-likeness (QED) is 0.842. The van der Waals surface area contributed by atoms with Crippen molar-refractivity contribution in [1.29, 1.82) is 0 Å². The molecule has 0 aliphatic heterocycles. The van der Waals surface area contributed by atoms with Crippen molar-refractivity contribution in [2.24, 2.45) is 0 Å². The second kappa shape index (κ2) is 4.48. The van der Waals surface area contributed by atoms with E-state index in [9.17, 15) is 26.4 Å². The van der Waals surface area contributed by atoms with Gasteiger partial charge in [0.05, 0.1) is 4.90 Å². The van der Waals surface area contributed by atoms with Crippen molar-refractivity contribution in [3.63, 3.8) is 0 Å². The minimum atomic E-state index is -5.40. The third kappa shape index (κ3) is 2.85. The highest BCUT2D eigenvalue weighted by molar-refractivity contribution is 7.92. The van der Waals surface area contributed by atoms with Gasteiger partial charge < -0.3 is 0 Å². The number of Topliss-reactive ketones (excluding diaryl/α,β-unsaturated/α-hetero) is 1. The number of hydrogen-bond acceptors (Lipinski definition) is 3. The Kier molecular flexibility index (Phi) is 3.61. The molecule has 0 radical (unpaired) electrons. The number of rotatable bonds is 3. The first kappa shape index (κ1) is 13.7. The number of ketones is 1. The maximum atomic E-state index is 12.4. The lowest BCUT2D eigenvalue weighted by molar-refractivity contribution is -0.116. The van der Waals surface area contributed by atoms with E-state index in [1.165, 1.54) is 25.1 Å². The summed E-state index contributed by atoms with van der Waals surface area (Å²) < 4.78 is 59.5. The summed E-state index contributed by atoms with van der Waals surface area (Å²) in [6.45, 7) is 1.18. The zero-order valence-corrected chi connectivity index (χ0v) is 9.60. The SMILES string of the molecule is CC(=O)Cc1ccccc1S(=O)(=O)C(F)(F)F. The normalized spacial score (nSPS) is 12.5. The zero-order valence-electron chi connectivity index (χ0n) is 8.78. The average Bonchev–Trinajstić information content (AvgIpc) is 2.15. The Morgan fingerprint density at radius 3 is 2.24 bits per heavy atom. The van der Waals surface area contributed by atoms with Crippen LogP contribution in [0.25, 0.3) is 0 Å². The van der Waals surface area contributed by atoms with Crippen LogP contribution < -0.4 is 0 Å². The van der Waals surface area contributed by atoms with Crippen LogP contribution in [0.1, 0.15) is 12.5 Å². The molecular weight excluding hydrogens is 257 g/mol. The number of carbonyl (C=O) groups is 1. The maximum Gasteiger partial charge on any atom is 0.501 e. The van der Waals surface area contributed by atoms with E-state index in [1.807, 2.05) is 0 Å². The van der Waals surface area contributed by atoms with E-state index in [4.69, 9.17) is 0 Å². The number of carbonyl (C=O) groups excluding carboxylic acids is 1. The molecule has 0 atom stereocenters. The largest absolute Gasteiger partial charge is 0.501 e.